The summed E-state index contributed by atoms with van der Waals surface area (Å²) in [4.78, 5) is 14.1. The second-order valence-corrected chi connectivity index (χ2v) is 14.2. The van der Waals surface area contributed by atoms with Crippen molar-refractivity contribution < 1.29 is 62.6 Å². The predicted octanol–water partition coefficient (Wildman–Crippen LogP) is 6.08. The molecule has 0 aromatic heterocycles. The number of piperidine rings is 1. The first kappa shape index (κ1) is 39.4. The van der Waals surface area contributed by atoms with E-state index in [0.717, 1.165) is 35.2 Å². The highest BCUT2D eigenvalue weighted by atomic mass is 35.5. The molecule has 5 rings (SSSR count). The molecule has 0 aliphatic carbocycles. The van der Waals surface area contributed by atoms with Crippen LogP contribution in [0.25, 0.3) is 0 Å². The Bertz CT molecular complexity index is 1770. The van der Waals surface area contributed by atoms with Gasteiger partial charge in [-0.1, -0.05) is 30.3 Å². The van der Waals surface area contributed by atoms with Gasteiger partial charge in [0.05, 0.1) is 11.5 Å². The Morgan fingerprint density at radius 1 is 0.840 bits per heavy atom. The van der Waals surface area contributed by atoms with Crippen LogP contribution in [0.1, 0.15) is 36.0 Å². The van der Waals surface area contributed by atoms with Gasteiger partial charge < -0.3 is 20.1 Å². The number of halogens is 10. The molecule has 2 aliphatic rings. The van der Waals surface area contributed by atoms with E-state index in [1.807, 2.05) is 0 Å². The smallest absolute Gasteiger partial charge is 0.380 e. The summed E-state index contributed by atoms with van der Waals surface area (Å²) >= 11 is 0. The number of hydrogen-bond acceptors (Lipinski definition) is 6. The third kappa shape index (κ3) is 6.69. The molecule has 50 heavy (non-hydrogen) atoms. The SMILES string of the molecule is Cl.O=C(N1CC[C@](c2ccc(C(OCc3c(F)cccc3F)(C(F)(F)F)C(F)(F)F)cc2)(S(=O)(=O)c2ccc(F)cc2)C1)C1(O)CCNCC1. The number of amides is 1. The highest BCUT2D eigenvalue weighted by molar-refractivity contribution is 7.92. The van der Waals surface area contributed by atoms with Crippen molar-refractivity contribution in [2.75, 3.05) is 26.2 Å². The van der Waals surface area contributed by atoms with Crippen molar-refractivity contribution in [3.63, 3.8) is 0 Å². The van der Waals surface area contributed by atoms with Crippen molar-refractivity contribution in [2.45, 2.75) is 59.1 Å². The van der Waals surface area contributed by atoms with E-state index in [-0.39, 0.29) is 50.4 Å². The maximum absolute atomic E-state index is 14.5. The summed E-state index contributed by atoms with van der Waals surface area (Å²) in [5, 5.41) is 14.0. The molecule has 0 spiro atoms. The lowest BCUT2D eigenvalue weighted by molar-refractivity contribution is -0.392. The van der Waals surface area contributed by atoms with Gasteiger partial charge in [0.1, 0.15) is 27.8 Å². The Labute approximate surface area is 286 Å². The number of benzene rings is 3. The molecule has 2 heterocycles. The molecule has 18 heteroatoms. The molecule has 0 saturated carbocycles. The monoisotopic (exact) mass is 760 g/mol. The van der Waals surface area contributed by atoms with Crippen LogP contribution in [0, 0.1) is 17.5 Å². The lowest BCUT2D eigenvalue weighted by Gasteiger charge is -2.38. The lowest BCUT2D eigenvalue weighted by Crippen LogP contribution is -2.56. The molecule has 0 unspecified atom stereocenters. The molecule has 2 aliphatic heterocycles. The number of sulfone groups is 1. The molecule has 3 aromatic carbocycles. The fraction of sp³-hybridized carbons (Fsp3) is 0.406. The van der Waals surface area contributed by atoms with Gasteiger partial charge in [-0.25, -0.2) is 21.6 Å². The van der Waals surface area contributed by atoms with Gasteiger partial charge in [-0.05, 0) is 74.3 Å². The van der Waals surface area contributed by atoms with Crippen LogP contribution in [0.5, 0.6) is 0 Å². The summed E-state index contributed by atoms with van der Waals surface area (Å²) in [7, 11) is -4.66. The standard InChI is InChI=1S/C32H29F9N2O5S.ClH/c33-22-8-10-23(11-9-22)49(46,47)29(14-17-43(19-29)27(44)28(45)12-15-42-16-13-28)20-4-6-21(7-5-20)30(31(36,37)38,32(39,40)41)48-18-24-25(34)2-1-3-26(24)35;/h1-11,42,45H,12-19H2;1H/t29-;/m0./s1. The largest absolute Gasteiger partial charge is 0.430 e. The average molecular weight is 761 g/mol. The quantitative estimate of drug-likeness (QED) is 0.214. The average Bonchev–Trinajstić information content (AvgIpc) is 3.49. The van der Waals surface area contributed by atoms with Crippen molar-refractivity contribution in [2.24, 2.45) is 0 Å². The van der Waals surface area contributed by atoms with Gasteiger partial charge in [-0.2, -0.15) is 26.3 Å². The molecule has 7 nitrogen and oxygen atoms in total. The van der Waals surface area contributed by atoms with Crippen molar-refractivity contribution in [3.05, 3.63) is 101 Å². The number of carbonyl (C=O) groups is 1. The minimum Gasteiger partial charge on any atom is -0.380 e. The third-order valence-corrected chi connectivity index (χ3v) is 11.6. The van der Waals surface area contributed by atoms with Crippen molar-refractivity contribution >= 4 is 28.2 Å². The second kappa shape index (κ2) is 14.0. The van der Waals surface area contributed by atoms with Gasteiger partial charge in [0.15, 0.2) is 9.84 Å². The topological polar surface area (TPSA) is 95.9 Å². The van der Waals surface area contributed by atoms with E-state index in [9.17, 15) is 57.8 Å². The minimum atomic E-state index is -6.24. The van der Waals surface area contributed by atoms with Gasteiger partial charge in [0, 0.05) is 24.2 Å². The van der Waals surface area contributed by atoms with Gasteiger partial charge in [-0.3, -0.25) is 4.79 Å². The maximum Gasteiger partial charge on any atom is 0.430 e. The Morgan fingerprint density at radius 3 is 1.90 bits per heavy atom. The Hall–Kier alpha value is -3.38. The van der Waals surface area contributed by atoms with E-state index in [1.165, 1.54) is 0 Å². The Balaban J connectivity index is 0.00000562. The molecular weight excluding hydrogens is 731 g/mol. The Morgan fingerprint density at radius 2 is 1.38 bits per heavy atom. The van der Waals surface area contributed by atoms with E-state index < -0.39 is 97.1 Å². The van der Waals surface area contributed by atoms with Crippen LogP contribution >= 0.6 is 12.4 Å². The Kier molecular flexibility index (Phi) is 11.0. The van der Waals surface area contributed by atoms with Gasteiger partial charge in [0.25, 0.3) is 11.5 Å². The molecule has 1 atom stereocenters. The molecule has 0 radical (unpaired) electrons. The van der Waals surface area contributed by atoms with Crippen molar-refractivity contribution in [3.8, 4) is 0 Å². The molecule has 2 fully saturated rings. The van der Waals surface area contributed by atoms with E-state index in [1.54, 1.807) is 0 Å². The molecule has 274 valence electrons. The van der Waals surface area contributed by atoms with Crippen molar-refractivity contribution in [1.82, 2.24) is 10.2 Å². The van der Waals surface area contributed by atoms with E-state index in [0.29, 0.717) is 36.4 Å². The lowest BCUT2D eigenvalue weighted by atomic mass is 9.88. The predicted molar refractivity (Wildman–Crippen MR) is 162 cm³/mol. The summed E-state index contributed by atoms with van der Waals surface area (Å²) in [6.45, 7) is -2.13. The van der Waals surface area contributed by atoms with Crippen LogP contribution < -0.4 is 5.32 Å². The summed E-state index contributed by atoms with van der Waals surface area (Å²) < 4.78 is 160. The fourth-order valence-electron chi connectivity index (χ4n) is 6.35. The van der Waals surface area contributed by atoms with Crippen LogP contribution in [0.15, 0.2) is 71.6 Å². The molecule has 2 saturated heterocycles. The second-order valence-electron chi connectivity index (χ2n) is 12.0. The molecule has 1 amide bonds. The van der Waals surface area contributed by atoms with E-state index >= 15 is 0 Å². The number of hydrogen-bond donors (Lipinski definition) is 2. The maximum atomic E-state index is 14.5. The van der Waals surface area contributed by atoms with E-state index in [2.05, 4.69) is 10.1 Å². The summed E-state index contributed by atoms with van der Waals surface area (Å²) in [6.07, 6.45) is -12.9. The first-order valence-electron chi connectivity index (χ1n) is 14.8. The van der Waals surface area contributed by atoms with E-state index in [4.69, 9.17) is 0 Å². The summed E-state index contributed by atoms with van der Waals surface area (Å²) in [5.74, 6) is -4.49. The summed E-state index contributed by atoms with van der Waals surface area (Å²) in [6, 6.07) is 7.77. The fourth-order valence-corrected chi connectivity index (χ4v) is 8.43. The molecule has 0 bridgehead atoms. The zero-order valence-corrected chi connectivity index (χ0v) is 27.4. The van der Waals surface area contributed by atoms with Crippen LogP contribution in [0.2, 0.25) is 0 Å². The summed E-state index contributed by atoms with van der Waals surface area (Å²) in [5.41, 5.74) is -10.0. The number of likely N-dealkylation sites (tertiary alicyclic amines) is 1. The zero-order chi connectivity index (χ0) is 36.0. The van der Waals surface area contributed by atoms with Gasteiger partial charge in [-0.15, -0.1) is 12.4 Å². The molecular formula is C32H30ClF9N2O5S. The number of nitrogens with one attached hydrogen (secondary N) is 1. The molecule has 2 N–H and O–H groups in total. The van der Waals surface area contributed by atoms with Crippen LogP contribution in [-0.4, -0.2) is 68.5 Å². The number of alkyl halides is 6. The minimum absolute atomic E-state index is 0. The number of carbonyl (C=O) groups excluding carboxylic acids is 1. The van der Waals surface area contributed by atoms with Crippen LogP contribution in [0.4, 0.5) is 39.5 Å². The highest BCUT2D eigenvalue weighted by Crippen LogP contribution is 2.54. The number of ether oxygens (including phenoxy) is 1. The zero-order valence-electron chi connectivity index (χ0n) is 25.8. The van der Waals surface area contributed by atoms with Crippen molar-refractivity contribution in [1.29, 1.82) is 0 Å². The van der Waals surface area contributed by atoms with Crippen LogP contribution in [0.3, 0.4) is 0 Å². The molecule has 3 aromatic rings. The first-order valence-corrected chi connectivity index (χ1v) is 16.3. The first-order chi connectivity index (χ1) is 22.8. The normalized spacial score (nSPS) is 20.0. The van der Waals surface area contributed by atoms with Gasteiger partial charge >= 0.3 is 12.4 Å². The number of aliphatic hydroxyl groups is 1. The van der Waals surface area contributed by atoms with Gasteiger partial charge in [0.2, 0.25) is 0 Å². The highest BCUT2D eigenvalue weighted by Gasteiger charge is 2.73. The van der Waals surface area contributed by atoms with Crippen LogP contribution in [-0.2, 0) is 36.3 Å². The number of rotatable bonds is 8. The number of nitrogens with zero attached hydrogens (tertiary/aromatic N) is 1. The third-order valence-electron chi connectivity index (χ3n) is 9.10.